The second-order valence-electron chi connectivity index (χ2n) is 5.55. The maximum atomic E-state index is 12.5. The summed E-state index contributed by atoms with van der Waals surface area (Å²) in [7, 11) is 0. The number of amides is 1. The normalized spacial score (nSPS) is 18.7. The minimum Gasteiger partial charge on any atom is -0.337 e. The summed E-state index contributed by atoms with van der Waals surface area (Å²) in [5.41, 5.74) is 0.860. The molecule has 1 amide bonds. The minimum absolute atomic E-state index is 0.133. The van der Waals surface area contributed by atoms with Gasteiger partial charge in [-0.1, -0.05) is 12.1 Å². The molecule has 0 N–H and O–H groups in total. The largest absolute Gasteiger partial charge is 0.337 e. The van der Waals surface area contributed by atoms with Crippen molar-refractivity contribution in [2.75, 3.05) is 13.1 Å². The average Bonchev–Trinajstić information content (AvgIpc) is 3.24. The SMILES string of the molecule is O=C(c1cccs1)N1CCCC(c2nnc3ccccn23)C1. The van der Waals surface area contributed by atoms with Gasteiger partial charge in [0.25, 0.3) is 5.91 Å². The molecule has 3 aromatic heterocycles. The number of carbonyl (C=O) groups is 1. The summed E-state index contributed by atoms with van der Waals surface area (Å²) >= 11 is 1.50. The van der Waals surface area contributed by atoms with Crippen molar-refractivity contribution in [2.24, 2.45) is 0 Å². The predicted molar refractivity (Wildman–Crippen MR) is 85.2 cm³/mol. The summed E-state index contributed by atoms with van der Waals surface area (Å²) in [5, 5.41) is 10.5. The first-order chi connectivity index (χ1) is 10.8. The molecule has 1 saturated heterocycles. The summed E-state index contributed by atoms with van der Waals surface area (Å²) in [6, 6.07) is 9.71. The van der Waals surface area contributed by atoms with Crippen LogP contribution in [-0.4, -0.2) is 38.5 Å². The van der Waals surface area contributed by atoms with E-state index in [0.717, 1.165) is 35.7 Å². The van der Waals surface area contributed by atoms with Gasteiger partial charge in [0, 0.05) is 25.2 Å². The third kappa shape index (κ3) is 2.29. The van der Waals surface area contributed by atoms with Gasteiger partial charge in [0.1, 0.15) is 5.82 Å². The molecular weight excluding hydrogens is 296 g/mol. The van der Waals surface area contributed by atoms with Crippen LogP contribution in [0.1, 0.15) is 34.3 Å². The number of carbonyl (C=O) groups excluding carboxylic acids is 1. The van der Waals surface area contributed by atoms with E-state index in [1.807, 2.05) is 51.2 Å². The average molecular weight is 312 g/mol. The molecule has 0 aromatic carbocycles. The van der Waals surface area contributed by atoms with Crippen molar-refractivity contribution in [3.63, 3.8) is 0 Å². The highest BCUT2D eigenvalue weighted by Gasteiger charge is 2.28. The van der Waals surface area contributed by atoms with Crippen LogP contribution in [0.2, 0.25) is 0 Å². The molecule has 6 heteroatoms. The first kappa shape index (κ1) is 13.5. The van der Waals surface area contributed by atoms with Gasteiger partial charge in [-0.3, -0.25) is 9.20 Å². The number of likely N-dealkylation sites (tertiary alicyclic amines) is 1. The molecule has 1 aliphatic heterocycles. The summed E-state index contributed by atoms with van der Waals surface area (Å²) in [4.78, 5) is 15.3. The Kier molecular flexibility index (Phi) is 3.38. The number of hydrogen-bond acceptors (Lipinski definition) is 4. The predicted octanol–water partition coefficient (Wildman–Crippen LogP) is 2.81. The standard InChI is InChI=1S/C16H16N4OS/c21-16(13-6-4-10-22-13)19-8-3-5-12(11-19)15-18-17-14-7-1-2-9-20(14)15/h1-2,4,6-7,9-10,12H,3,5,8,11H2. The lowest BCUT2D eigenvalue weighted by atomic mass is 9.97. The zero-order valence-electron chi connectivity index (χ0n) is 12.1. The Morgan fingerprint density at radius 3 is 3.05 bits per heavy atom. The molecule has 1 atom stereocenters. The highest BCUT2D eigenvalue weighted by atomic mass is 32.1. The topological polar surface area (TPSA) is 50.5 Å². The zero-order chi connectivity index (χ0) is 14.9. The van der Waals surface area contributed by atoms with E-state index in [1.165, 1.54) is 11.3 Å². The van der Waals surface area contributed by atoms with E-state index in [9.17, 15) is 4.79 Å². The van der Waals surface area contributed by atoms with E-state index in [0.29, 0.717) is 6.54 Å². The number of thiophene rings is 1. The highest BCUT2D eigenvalue weighted by Crippen LogP contribution is 2.27. The molecule has 0 bridgehead atoms. The smallest absolute Gasteiger partial charge is 0.263 e. The van der Waals surface area contributed by atoms with Gasteiger partial charge >= 0.3 is 0 Å². The van der Waals surface area contributed by atoms with Crippen molar-refractivity contribution in [3.8, 4) is 0 Å². The van der Waals surface area contributed by atoms with Crippen molar-refractivity contribution >= 4 is 22.9 Å². The highest BCUT2D eigenvalue weighted by molar-refractivity contribution is 7.12. The number of rotatable bonds is 2. The van der Waals surface area contributed by atoms with Crippen LogP contribution in [0.15, 0.2) is 41.9 Å². The third-order valence-corrected chi connectivity index (χ3v) is 5.00. The monoisotopic (exact) mass is 312 g/mol. The fraction of sp³-hybridized carbons (Fsp3) is 0.312. The van der Waals surface area contributed by atoms with E-state index in [4.69, 9.17) is 0 Å². The van der Waals surface area contributed by atoms with Crippen LogP contribution in [0, 0.1) is 0 Å². The molecule has 22 heavy (non-hydrogen) atoms. The Bertz CT molecular complexity index is 795. The number of aromatic nitrogens is 3. The van der Waals surface area contributed by atoms with Crippen molar-refractivity contribution in [2.45, 2.75) is 18.8 Å². The number of fused-ring (bicyclic) bond motifs is 1. The molecule has 3 aromatic rings. The van der Waals surface area contributed by atoms with Gasteiger partial charge in [0.05, 0.1) is 4.88 Å². The molecule has 4 heterocycles. The van der Waals surface area contributed by atoms with Crippen molar-refractivity contribution < 1.29 is 4.79 Å². The van der Waals surface area contributed by atoms with Crippen LogP contribution in [0.5, 0.6) is 0 Å². The van der Waals surface area contributed by atoms with Gasteiger partial charge in [-0.15, -0.1) is 21.5 Å². The van der Waals surface area contributed by atoms with Crippen LogP contribution in [0.4, 0.5) is 0 Å². The molecule has 4 rings (SSSR count). The van der Waals surface area contributed by atoms with Gasteiger partial charge in [-0.05, 0) is 36.4 Å². The van der Waals surface area contributed by atoms with E-state index < -0.39 is 0 Å². The van der Waals surface area contributed by atoms with Gasteiger partial charge in [0.2, 0.25) is 0 Å². The quantitative estimate of drug-likeness (QED) is 0.731. The number of hydrogen-bond donors (Lipinski definition) is 0. The van der Waals surface area contributed by atoms with Gasteiger partial charge in [-0.25, -0.2) is 0 Å². The fourth-order valence-electron chi connectivity index (χ4n) is 3.07. The first-order valence-corrected chi connectivity index (χ1v) is 8.33. The summed E-state index contributed by atoms with van der Waals surface area (Å²) in [6.45, 7) is 1.54. The third-order valence-electron chi connectivity index (χ3n) is 4.15. The fourth-order valence-corrected chi connectivity index (χ4v) is 3.76. The Morgan fingerprint density at radius 2 is 2.18 bits per heavy atom. The number of pyridine rings is 1. The Morgan fingerprint density at radius 1 is 1.23 bits per heavy atom. The molecule has 0 spiro atoms. The van der Waals surface area contributed by atoms with Crippen molar-refractivity contribution in [3.05, 3.63) is 52.6 Å². The molecule has 1 fully saturated rings. The molecule has 0 saturated carbocycles. The maximum Gasteiger partial charge on any atom is 0.263 e. The Labute approximate surface area is 132 Å². The van der Waals surface area contributed by atoms with E-state index in [-0.39, 0.29) is 11.8 Å². The summed E-state index contributed by atoms with van der Waals surface area (Å²) < 4.78 is 2.03. The van der Waals surface area contributed by atoms with Crippen molar-refractivity contribution in [1.29, 1.82) is 0 Å². The van der Waals surface area contributed by atoms with Gasteiger partial charge in [0.15, 0.2) is 5.65 Å². The lowest BCUT2D eigenvalue weighted by Gasteiger charge is -2.31. The van der Waals surface area contributed by atoms with Crippen LogP contribution in [-0.2, 0) is 0 Å². The first-order valence-electron chi connectivity index (χ1n) is 7.45. The second kappa shape index (κ2) is 5.53. The molecule has 0 aliphatic carbocycles. The van der Waals surface area contributed by atoms with Crippen LogP contribution in [0.3, 0.4) is 0 Å². The van der Waals surface area contributed by atoms with E-state index in [1.54, 1.807) is 0 Å². The van der Waals surface area contributed by atoms with E-state index >= 15 is 0 Å². The van der Waals surface area contributed by atoms with Crippen LogP contribution in [0.25, 0.3) is 5.65 Å². The van der Waals surface area contributed by atoms with Gasteiger partial charge < -0.3 is 4.90 Å². The summed E-state index contributed by atoms with van der Waals surface area (Å²) in [6.07, 6.45) is 4.04. The van der Waals surface area contributed by atoms with Crippen LogP contribution < -0.4 is 0 Å². The molecule has 1 aliphatic rings. The maximum absolute atomic E-state index is 12.5. The minimum atomic E-state index is 0.133. The van der Waals surface area contributed by atoms with Gasteiger partial charge in [-0.2, -0.15) is 0 Å². The zero-order valence-corrected chi connectivity index (χ0v) is 12.9. The lowest BCUT2D eigenvalue weighted by Crippen LogP contribution is -2.39. The molecule has 0 radical (unpaired) electrons. The molecule has 5 nitrogen and oxygen atoms in total. The lowest BCUT2D eigenvalue weighted by molar-refractivity contribution is 0.0709. The number of piperidine rings is 1. The molecular formula is C16H16N4OS. The van der Waals surface area contributed by atoms with E-state index in [2.05, 4.69) is 10.2 Å². The summed E-state index contributed by atoms with van der Waals surface area (Å²) in [5.74, 6) is 1.34. The van der Waals surface area contributed by atoms with Crippen molar-refractivity contribution in [1.82, 2.24) is 19.5 Å². The number of nitrogens with zero attached hydrogens (tertiary/aromatic N) is 4. The second-order valence-corrected chi connectivity index (χ2v) is 6.50. The molecule has 1 unspecified atom stereocenters. The molecule has 112 valence electrons. The Balaban J connectivity index is 1.60. The Hall–Kier alpha value is -2.21. The van der Waals surface area contributed by atoms with Crippen LogP contribution >= 0.6 is 11.3 Å².